The highest BCUT2D eigenvalue weighted by molar-refractivity contribution is 5.76. The van der Waals surface area contributed by atoms with Crippen molar-refractivity contribution in [2.75, 3.05) is 13.1 Å². The first-order valence-electron chi connectivity index (χ1n) is 7.77. The van der Waals surface area contributed by atoms with E-state index in [0.29, 0.717) is 13.1 Å². The Kier molecular flexibility index (Phi) is 6.82. The van der Waals surface area contributed by atoms with Crippen LogP contribution in [0.2, 0.25) is 0 Å². The number of hydrogen-bond acceptors (Lipinski definition) is 2. The van der Waals surface area contributed by atoms with Gasteiger partial charge in [0.1, 0.15) is 0 Å². The Morgan fingerprint density at radius 1 is 1.25 bits per heavy atom. The summed E-state index contributed by atoms with van der Waals surface area (Å²) < 4.78 is 0. The van der Waals surface area contributed by atoms with Crippen LogP contribution >= 0.6 is 0 Å². The van der Waals surface area contributed by atoms with Gasteiger partial charge in [0.25, 0.3) is 0 Å². The molecular weight excluding hydrogens is 256 g/mol. The Morgan fingerprint density at radius 2 is 1.90 bits per heavy atom. The maximum atomic E-state index is 12.1. The fourth-order valence-corrected chi connectivity index (χ4v) is 2.55. The van der Waals surface area contributed by atoms with Crippen LogP contribution < -0.4 is 5.32 Å². The van der Waals surface area contributed by atoms with Crippen molar-refractivity contribution in [1.29, 1.82) is 0 Å². The zero-order valence-corrected chi connectivity index (χ0v) is 12.9. The largest absolute Gasteiger partial charge is 0.481 e. The molecule has 0 aliphatic carbocycles. The number of rotatable bonds is 8. The van der Waals surface area contributed by atoms with Crippen LogP contribution in [0.1, 0.15) is 52.9 Å². The molecule has 1 rings (SSSR count). The number of carbonyl (C=O) groups excluding carboxylic acids is 1. The summed E-state index contributed by atoms with van der Waals surface area (Å²) in [7, 11) is 0. The van der Waals surface area contributed by atoms with E-state index < -0.39 is 5.97 Å². The number of amides is 2. The molecule has 2 amide bonds. The van der Waals surface area contributed by atoms with Crippen LogP contribution in [-0.2, 0) is 4.79 Å². The van der Waals surface area contributed by atoms with Crippen LogP contribution in [0.3, 0.4) is 0 Å². The SMILES string of the molecule is CCCCC(CCC)NC(=O)N1CC(C(C)C(=O)O)C1. The monoisotopic (exact) mass is 284 g/mol. The summed E-state index contributed by atoms with van der Waals surface area (Å²) >= 11 is 0. The second-order valence-electron chi connectivity index (χ2n) is 5.87. The molecule has 1 aliphatic heterocycles. The van der Waals surface area contributed by atoms with Crippen LogP contribution in [0.25, 0.3) is 0 Å². The van der Waals surface area contributed by atoms with Crippen LogP contribution in [0.5, 0.6) is 0 Å². The third-order valence-electron chi connectivity index (χ3n) is 4.16. The van der Waals surface area contributed by atoms with E-state index in [1.807, 2.05) is 0 Å². The second kappa shape index (κ2) is 8.12. The van der Waals surface area contributed by atoms with E-state index in [1.54, 1.807) is 11.8 Å². The summed E-state index contributed by atoms with van der Waals surface area (Å²) in [5.41, 5.74) is 0. The molecule has 0 bridgehead atoms. The van der Waals surface area contributed by atoms with Crippen molar-refractivity contribution in [3.8, 4) is 0 Å². The lowest BCUT2D eigenvalue weighted by Crippen LogP contribution is -2.57. The van der Waals surface area contributed by atoms with E-state index in [4.69, 9.17) is 5.11 Å². The normalized spacial score (nSPS) is 18.2. The molecule has 0 spiro atoms. The lowest BCUT2D eigenvalue weighted by Gasteiger charge is -2.41. The van der Waals surface area contributed by atoms with Crippen molar-refractivity contribution in [3.63, 3.8) is 0 Å². The third kappa shape index (κ3) is 4.69. The first kappa shape index (κ1) is 16.8. The molecule has 1 fully saturated rings. The van der Waals surface area contributed by atoms with Crippen molar-refractivity contribution in [2.24, 2.45) is 11.8 Å². The predicted molar refractivity (Wildman–Crippen MR) is 78.6 cm³/mol. The number of carboxylic acid groups (broad SMARTS) is 1. The van der Waals surface area contributed by atoms with Crippen molar-refractivity contribution >= 4 is 12.0 Å². The average Bonchev–Trinajstić information content (AvgIpc) is 2.34. The Bertz CT molecular complexity index is 327. The number of urea groups is 1. The van der Waals surface area contributed by atoms with Gasteiger partial charge in [0.05, 0.1) is 5.92 Å². The number of likely N-dealkylation sites (tertiary alicyclic amines) is 1. The molecule has 1 heterocycles. The lowest BCUT2D eigenvalue weighted by atomic mass is 9.87. The van der Waals surface area contributed by atoms with E-state index >= 15 is 0 Å². The Balaban J connectivity index is 2.34. The molecule has 0 saturated carbocycles. The molecule has 116 valence electrons. The molecule has 1 aliphatic rings. The summed E-state index contributed by atoms with van der Waals surface area (Å²) in [5, 5.41) is 12.0. The van der Waals surface area contributed by atoms with Gasteiger partial charge in [0, 0.05) is 25.0 Å². The van der Waals surface area contributed by atoms with Gasteiger partial charge in [-0.15, -0.1) is 0 Å². The van der Waals surface area contributed by atoms with Gasteiger partial charge in [-0.1, -0.05) is 40.0 Å². The van der Waals surface area contributed by atoms with Crippen LogP contribution in [-0.4, -0.2) is 41.1 Å². The topological polar surface area (TPSA) is 69.6 Å². The second-order valence-corrected chi connectivity index (χ2v) is 5.87. The van der Waals surface area contributed by atoms with Gasteiger partial charge in [-0.3, -0.25) is 4.79 Å². The minimum absolute atomic E-state index is 0.0339. The minimum Gasteiger partial charge on any atom is -0.481 e. The third-order valence-corrected chi connectivity index (χ3v) is 4.16. The lowest BCUT2D eigenvalue weighted by molar-refractivity contribution is -0.144. The maximum Gasteiger partial charge on any atom is 0.317 e. The fourth-order valence-electron chi connectivity index (χ4n) is 2.55. The molecular formula is C15H28N2O3. The first-order valence-corrected chi connectivity index (χ1v) is 7.77. The molecule has 5 nitrogen and oxygen atoms in total. The molecule has 5 heteroatoms. The summed E-state index contributed by atoms with van der Waals surface area (Å²) in [4.78, 5) is 24.7. The first-order chi connectivity index (χ1) is 9.49. The maximum absolute atomic E-state index is 12.1. The van der Waals surface area contributed by atoms with Gasteiger partial charge in [-0.2, -0.15) is 0 Å². The van der Waals surface area contributed by atoms with Gasteiger partial charge in [-0.25, -0.2) is 4.79 Å². The number of nitrogens with zero attached hydrogens (tertiary/aromatic N) is 1. The molecule has 0 aromatic carbocycles. The van der Waals surface area contributed by atoms with Crippen molar-refractivity contribution in [2.45, 2.75) is 58.9 Å². The number of carbonyl (C=O) groups is 2. The highest BCUT2D eigenvalue weighted by Crippen LogP contribution is 2.24. The zero-order chi connectivity index (χ0) is 15.1. The highest BCUT2D eigenvalue weighted by atomic mass is 16.4. The van der Waals surface area contributed by atoms with E-state index in [9.17, 15) is 9.59 Å². The van der Waals surface area contributed by atoms with Crippen LogP contribution in [0.15, 0.2) is 0 Å². The molecule has 2 N–H and O–H groups in total. The quantitative estimate of drug-likeness (QED) is 0.720. The molecule has 0 radical (unpaired) electrons. The van der Waals surface area contributed by atoms with E-state index in [0.717, 1.165) is 32.1 Å². The Labute approximate surface area is 121 Å². The van der Waals surface area contributed by atoms with Crippen molar-refractivity contribution < 1.29 is 14.7 Å². The van der Waals surface area contributed by atoms with Gasteiger partial charge in [-0.05, 0) is 12.8 Å². The molecule has 0 aromatic heterocycles. The summed E-state index contributed by atoms with van der Waals surface area (Å²) in [6.07, 6.45) is 5.36. The average molecular weight is 284 g/mol. The smallest absolute Gasteiger partial charge is 0.317 e. The number of hydrogen-bond donors (Lipinski definition) is 2. The van der Waals surface area contributed by atoms with E-state index in [1.165, 1.54) is 0 Å². The molecule has 2 unspecified atom stereocenters. The zero-order valence-electron chi connectivity index (χ0n) is 12.9. The standard InChI is InChI=1S/C15H28N2O3/c1-4-6-8-13(7-5-2)16-15(20)17-9-12(10-17)11(3)14(18)19/h11-13H,4-10H2,1-3H3,(H,16,20)(H,18,19). The van der Waals surface area contributed by atoms with Crippen molar-refractivity contribution in [1.82, 2.24) is 10.2 Å². The Morgan fingerprint density at radius 3 is 2.40 bits per heavy atom. The molecule has 2 atom stereocenters. The summed E-state index contributed by atoms with van der Waals surface area (Å²) in [5.74, 6) is -1.05. The number of nitrogens with one attached hydrogen (secondary N) is 1. The fraction of sp³-hybridized carbons (Fsp3) is 0.867. The van der Waals surface area contributed by atoms with Gasteiger partial charge in [0.15, 0.2) is 0 Å². The van der Waals surface area contributed by atoms with Crippen molar-refractivity contribution in [3.05, 3.63) is 0 Å². The number of aliphatic carboxylic acids is 1. The molecule has 0 aromatic rings. The molecule has 1 saturated heterocycles. The van der Waals surface area contributed by atoms with E-state index in [-0.39, 0.29) is 23.9 Å². The minimum atomic E-state index is -0.776. The van der Waals surface area contributed by atoms with Crippen LogP contribution in [0.4, 0.5) is 4.79 Å². The predicted octanol–water partition coefficient (Wildman–Crippen LogP) is 2.71. The Hall–Kier alpha value is -1.26. The number of carboxylic acids is 1. The number of unbranched alkanes of at least 4 members (excludes halogenated alkanes) is 1. The highest BCUT2D eigenvalue weighted by Gasteiger charge is 2.37. The summed E-state index contributed by atoms with van der Waals surface area (Å²) in [6.45, 7) is 7.11. The van der Waals surface area contributed by atoms with Gasteiger partial charge >= 0.3 is 12.0 Å². The van der Waals surface area contributed by atoms with Gasteiger partial charge in [0.2, 0.25) is 0 Å². The van der Waals surface area contributed by atoms with E-state index in [2.05, 4.69) is 19.2 Å². The van der Waals surface area contributed by atoms with Crippen LogP contribution in [0, 0.1) is 11.8 Å². The van der Waals surface area contributed by atoms with Gasteiger partial charge < -0.3 is 15.3 Å². The molecule has 20 heavy (non-hydrogen) atoms. The summed E-state index contributed by atoms with van der Waals surface area (Å²) in [6, 6.07) is 0.219.